The van der Waals surface area contributed by atoms with E-state index in [1.54, 1.807) is 30.3 Å². The zero-order valence-electron chi connectivity index (χ0n) is 23.3. The first-order chi connectivity index (χ1) is 19.4. The SMILES string of the molecule is CCCNC(=O)c1c(NC(=O)Cc2ccc(C(C=N)CN)nc2)[nH]c2cc(N(C)C(=O)C3CCCCC3)ccc12. The quantitative estimate of drug-likeness (QED) is 0.229. The van der Waals surface area contributed by atoms with Crippen LogP contribution in [0.5, 0.6) is 0 Å². The number of aromatic amines is 1. The molecule has 40 heavy (non-hydrogen) atoms. The fourth-order valence-electron chi connectivity index (χ4n) is 5.20. The van der Waals surface area contributed by atoms with Gasteiger partial charge in [-0.25, -0.2) is 0 Å². The lowest BCUT2D eigenvalue weighted by molar-refractivity contribution is -0.123. The summed E-state index contributed by atoms with van der Waals surface area (Å²) < 4.78 is 0. The molecule has 1 unspecified atom stereocenters. The molecule has 2 aromatic heterocycles. The number of carbonyl (C=O) groups excluding carboxylic acids is 3. The monoisotopic (exact) mass is 545 g/mol. The molecule has 212 valence electrons. The molecule has 1 aliphatic rings. The van der Waals surface area contributed by atoms with Gasteiger partial charge in [-0.3, -0.25) is 19.4 Å². The van der Waals surface area contributed by atoms with Crippen molar-refractivity contribution in [1.82, 2.24) is 15.3 Å². The van der Waals surface area contributed by atoms with Crippen molar-refractivity contribution in [2.75, 3.05) is 30.4 Å². The number of carbonyl (C=O) groups is 3. The van der Waals surface area contributed by atoms with E-state index in [0.29, 0.717) is 40.1 Å². The van der Waals surface area contributed by atoms with Gasteiger partial charge in [0.1, 0.15) is 5.82 Å². The van der Waals surface area contributed by atoms with Crippen LogP contribution in [0.15, 0.2) is 36.5 Å². The van der Waals surface area contributed by atoms with E-state index < -0.39 is 0 Å². The third-order valence-electron chi connectivity index (χ3n) is 7.53. The molecule has 4 rings (SSSR count). The molecule has 1 saturated carbocycles. The van der Waals surface area contributed by atoms with Gasteiger partial charge < -0.3 is 31.7 Å². The van der Waals surface area contributed by atoms with Crippen molar-refractivity contribution < 1.29 is 14.4 Å². The lowest BCUT2D eigenvalue weighted by atomic mass is 9.88. The van der Waals surface area contributed by atoms with E-state index in [0.717, 1.165) is 37.8 Å². The molecule has 0 aliphatic heterocycles. The van der Waals surface area contributed by atoms with Gasteiger partial charge in [0.15, 0.2) is 0 Å². The summed E-state index contributed by atoms with van der Waals surface area (Å²) in [6.07, 6.45) is 8.87. The summed E-state index contributed by atoms with van der Waals surface area (Å²) in [5, 5.41) is 13.9. The summed E-state index contributed by atoms with van der Waals surface area (Å²) in [6, 6.07) is 9.07. The number of pyridine rings is 1. The Kier molecular flexibility index (Phi) is 9.65. The van der Waals surface area contributed by atoms with Crippen molar-refractivity contribution in [2.45, 2.75) is 57.8 Å². The van der Waals surface area contributed by atoms with Crippen LogP contribution in [0.2, 0.25) is 0 Å². The number of hydrogen-bond acceptors (Lipinski definition) is 6. The first kappa shape index (κ1) is 28.9. The lowest BCUT2D eigenvalue weighted by Crippen LogP contribution is -2.33. The van der Waals surface area contributed by atoms with Crippen LogP contribution in [0.25, 0.3) is 10.9 Å². The van der Waals surface area contributed by atoms with Crippen molar-refractivity contribution in [3.8, 4) is 0 Å². The highest BCUT2D eigenvalue weighted by Crippen LogP contribution is 2.32. The van der Waals surface area contributed by atoms with E-state index >= 15 is 0 Å². The zero-order valence-corrected chi connectivity index (χ0v) is 23.3. The second-order valence-corrected chi connectivity index (χ2v) is 10.4. The number of fused-ring (bicyclic) bond motifs is 1. The molecule has 10 heteroatoms. The highest BCUT2D eigenvalue weighted by atomic mass is 16.2. The third-order valence-corrected chi connectivity index (χ3v) is 7.53. The van der Waals surface area contributed by atoms with Crippen molar-refractivity contribution in [3.63, 3.8) is 0 Å². The zero-order chi connectivity index (χ0) is 28.6. The van der Waals surface area contributed by atoms with Crippen LogP contribution in [0, 0.1) is 11.3 Å². The Bertz CT molecular complexity index is 1360. The van der Waals surface area contributed by atoms with Crippen molar-refractivity contribution >= 4 is 46.3 Å². The fourth-order valence-corrected chi connectivity index (χ4v) is 5.20. The summed E-state index contributed by atoms with van der Waals surface area (Å²) >= 11 is 0. The predicted molar refractivity (Wildman–Crippen MR) is 158 cm³/mol. The van der Waals surface area contributed by atoms with Crippen molar-refractivity contribution in [1.29, 1.82) is 5.41 Å². The second-order valence-electron chi connectivity index (χ2n) is 10.4. The summed E-state index contributed by atoms with van der Waals surface area (Å²) in [5.74, 6) is -0.397. The van der Waals surface area contributed by atoms with E-state index in [4.69, 9.17) is 11.1 Å². The van der Waals surface area contributed by atoms with Crippen LogP contribution in [0.3, 0.4) is 0 Å². The Morgan fingerprint density at radius 2 is 1.98 bits per heavy atom. The molecule has 6 N–H and O–H groups in total. The molecule has 0 saturated heterocycles. The second kappa shape index (κ2) is 13.3. The summed E-state index contributed by atoms with van der Waals surface area (Å²) in [7, 11) is 1.79. The highest BCUT2D eigenvalue weighted by molar-refractivity contribution is 6.14. The van der Waals surface area contributed by atoms with Crippen LogP contribution in [-0.2, 0) is 16.0 Å². The standard InChI is InChI=1S/C30H39N7O3/c1-3-13-33-29(39)27-23-11-10-22(37(2)30(40)20-7-5-4-6-8-20)15-25(23)35-28(27)36-26(38)14-19-9-12-24(34-18-19)21(16-31)17-32/h9-12,15-16,18,20-21,31,35H,3-8,13-14,17,32H2,1-2H3,(H,33,39)(H,36,38). The van der Waals surface area contributed by atoms with Crippen LogP contribution in [-0.4, -0.2) is 54.0 Å². The highest BCUT2D eigenvalue weighted by Gasteiger charge is 2.26. The first-order valence-electron chi connectivity index (χ1n) is 14.0. The Hall–Kier alpha value is -4.05. The third kappa shape index (κ3) is 6.56. The number of nitrogens with two attached hydrogens (primary N) is 1. The molecule has 2 heterocycles. The number of anilines is 2. The Labute approximate surface area is 234 Å². The molecule has 3 amide bonds. The van der Waals surface area contributed by atoms with Crippen molar-refractivity contribution in [3.05, 3.63) is 53.3 Å². The minimum atomic E-state index is -0.308. The van der Waals surface area contributed by atoms with Gasteiger partial charge in [-0.2, -0.15) is 0 Å². The molecule has 1 atom stereocenters. The average Bonchev–Trinajstić information content (AvgIpc) is 3.33. The lowest BCUT2D eigenvalue weighted by Gasteiger charge is -2.26. The molecular formula is C30H39N7O3. The van der Waals surface area contributed by atoms with Crippen LogP contribution < -0.4 is 21.3 Å². The first-order valence-corrected chi connectivity index (χ1v) is 14.0. The number of H-pyrrole nitrogens is 1. The van der Waals surface area contributed by atoms with E-state index in [1.807, 2.05) is 25.1 Å². The van der Waals surface area contributed by atoms with Crippen LogP contribution in [0.1, 0.15) is 73.0 Å². The Balaban J connectivity index is 1.57. The maximum atomic E-state index is 13.1. The maximum absolute atomic E-state index is 13.1. The smallest absolute Gasteiger partial charge is 0.255 e. The molecular weight excluding hydrogens is 506 g/mol. The van der Waals surface area contributed by atoms with E-state index in [9.17, 15) is 14.4 Å². The van der Waals surface area contributed by atoms with Gasteiger partial charge in [-0.05, 0) is 49.1 Å². The van der Waals surface area contributed by atoms with Crippen molar-refractivity contribution in [2.24, 2.45) is 11.7 Å². The number of nitrogens with one attached hydrogen (secondary N) is 4. The fraction of sp³-hybridized carbons (Fsp3) is 0.433. The number of aromatic nitrogens is 2. The minimum Gasteiger partial charge on any atom is -0.352 e. The van der Waals surface area contributed by atoms with E-state index in [2.05, 4.69) is 20.6 Å². The summed E-state index contributed by atoms with van der Waals surface area (Å²) in [4.78, 5) is 48.5. The molecule has 10 nitrogen and oxygen atoms in total. The van der Waals surface area contributed by atoms with E-state index in [-0.39, 0.29) is 42.5 Å². The van der Waals surface area contributed by atoms with Gasteiger partial charge in [0.25, 0.3) is 5.91 Å². The number of amides is 3. The number of rotatable bonds is 11. The minimum absolute atomic E-state index is 0.0400. The molecule has 1 aromatic carbocycles. The van der Waals surface area contributed by atoms with Gasteiger partial charge >= 0.3 is 0 Å². The van der Waals surface area contributed by atoms with E-state index in [1.165, 1.54) is 12.6 Å². The largest absolute Gasteiger partial charge is 0.352 e. The number of nitrogens with zero attached hydrogens (tertiary/aromatic N) is 2. The molecule has 0 spiro atoms. The molecule has 0 bridgehead atoms. The van der Waals surface area contributed by atoms with Gasteiger partial charge in [0, 0.05) is 61.0 Å². The van der Waals surface area contributed by atoms with Crippen LogP contribution >= 0.6 is 0 Å². The van der Waals surface area contributed by atoms with Crippen LogP contribution in [0.4, 0.5) is 11.5 Å². The predicted octanol–water partition coefficient (Wildman–Crippen LogP) is 4.12. The molecule has 1 fully saturated rings. The Morgan fingerprint density at radius 3 is 2.62 bits per heavy atom. The maximum Gasteiger partial charge on any atom is 0.255 e. The molecule has 3 aromatic rings. The normalized spacial score (nSPS) is 14.5. The molecule has 1 aliphatic carbocycles. The number of hydrogen-bond donors (Lipinski definition) is 5. The average molecular weight is 546 g/mol. The van der Waals surface area contributed by atoms with Gasteiger partial charge in [-0.1, -0.05) is 32.3 Å². The number of benzene rings is 1. The van der Waals surface area contributed by atoms with Gasteiger partial charge in [0.05, 0.1) is 17.7 Å². The Morgan fingerprint density at radius 1 is 1.20 bits per heavy atom. The van der Waals surface area contributed by atoms with Gasteiger partial charge in [0.2, 0.25) is 11.8 Å². The topological polar surface area (TPSA) is 157 Å². The summed E-state index contributed by atoms with van der Waals surface area (Å²) in [5.41, 5.74) is 8.80. The molecule has 0 radical (unpaired) electrons. The summed E-state index contributed by atoms with van der Waals surface area (Å²) in [6.45, 7) is 2.76. The van der Waals surface area contributed by atoms with Gasteiger partial charge in [-0.15, -0.1) is 0 Å².